The Morgan fingerprint density at radius 2 is 1.55 bits per heavy atom. The minimum atomic E-state index is -6.44. The van der Waals surface area contributed by atoms with E-state index in [4.69, 9.17) is 0 Å². The molecule has 1 rings (SSSR count). The van der Waals surface area contributed by atoms with Crippen molar-refractivity contribution in [3.63, 3.8) is 0 Å². The number of carbonyl (C=O) groups is 1. The van der Waals surface area contributed by atoms with Crippen LogP contribution in [0.1, 0.15) is 6.92 Å². The van der Waals surface area contributed by atoms with E-state index in [0.717, 1.165) is 6.92 Å². The lowest BCUT2D eigenvalue weighted by atomic mass is 9.90. The molecule has 0 aromatic carbocycles. The van der Waals surface area contributed by atoms with Crippen LogP contribution in [0.4, 0.5) is 35.1 Å². The highest BCUT2D eigenvalue weighted by Gasteiger charge is 2.85. The SMILES string of the molecule is C=C(C)C(=O)OC1(F)C=C(F)C(F)(F)C(F)(F)C1(F)F. The first-order valence-corrected chi connectivity index (χ1v) is 4.81. The standard InChI is InChI=1S/C10H6F8O2/c1-4(2)6(19)20-7(12)3-5(11)8(13,14)10(17,18)9(7,15)16/h3H,1H2,2H3. The highest BCUT2D eigenvalue weighted by atomic mass is 19.4. The lowest BCUT2D eigenvalue weighted by Crippen LogP contribution is -2.67. The molecule has 0 aliphatic heterocycles. The van der Waals surface area contributed by atoms with E-state index in [0.29, 0.717) is 0 Å². The van der Waals surface area contributed by atoms with Gasteiger partial charge in [-0.2, -0.15) is 30.7 Å². The first-order valence-electron chi connectivity index (χ1n) is 4.81. The summed E-state index contributed by atoms with van der Waals surface area (Å²) < 4.78 is 108. The van der Waals surface area contributed by atoms with Crippen LogP contribution in [0.3, 0.4) is 0 Å². The molecule has 10 heteroatoms. The Morgan fingerprint density at radius 3 is 1.95 bits per heavy atom. The van der Waals surface area contributed by atoms with E-state index in [9.17, 15) is 39.9 Å². The van der Waals surface area contributed by atoms with Gasteiger partial charge in [0.25, 0.3) is 0 Å². The molecule has 1 unspecified atom stereocenters. The van der Waals surface area contributed by atoms with Crippen molar-refractivity contribution in [3.8, 4) is 0 Å². The van der Waals surface area contributed by atoms with Gasteiger partial charge in [-0.3, -0.25) is 0 Å². The van der Waals surface area contributed by atoms with Crippen molar-refractivity contribution in [1.29, 1.82) is 0 Å². The van der Waals surface area contributed by atoms with Crippen molar-refractivity contribution in [1.82, 2.24) is 0 Å². The maximum absolute atomic E-state index is 13.7. The highest BCUT2D eigenvalue weighted by molar-refractivity contribution is 5.87. The molecule has 1 aliphatic carbocycles. The maximum atomic E-state index is 13.7. The van der Waals surface area contributed by atoms with Crippen molar-refractivity contribution in [3.05, 3.63) is 24.1 Å². The lowest BCUT2D eigenvalue weighted by molar-refractivity contribution is -0.374. The molecule has 20 heavy (non-hydrogen) atoms. The number of halogens is 8. The summed E-state index contributed by atoms with van der Waals surface area (Å²) in [4.78, 5) is 10.9. The Hall–Kier alpha value is -1.61. The fraction of sp³-hybridized carbons (Fsp3) is 0.500. The largest absolute Gasteiger partial charge is 0.415 e. The van der Waals surface area contributed by atoms with Crippen LogP contribution in [-0.2, 0) is 9.53 Å². The predicted molar refractivity (Wildman–Crippen MR) is 48.8 cm³/mol. The number of alkyl halides is 7. The van der Waals surface area contributed by atoms with Crippen LogP contribution in [0, 0.1) is 0 Å². The number of allylic oxidation sites excluding steroid dienone is 1. The van der Waals surface area contributed by atoms with Crippen LogP contribution in [0.15, 0.2) is 24.1 Å². The minimum Gasteiger partial charge on any atom is -0.415 e. The molecular weight excluding hydrogens is 304 g/mol. The second-order valence-corrected chi connectivity index (χ2v) is 4.03. The van der Waals surface area contributed by atoms with Crippen molar-refractivity contribution >= 4 is 5.97 Å². The van der Waals surface area contributed by atoms with Crippen LogP contribution in [-0.4, -0.2) is 29.6 Å². The molecule has 0 amide bonds. The summed E-state index contributed by atoms with van der Waals surface area (Å²) in [5, 5.41) is 0. The van der Waals surface area contributed by atoms with E-state index in [2.05, 4.69) is 11.3 Å². The summed E-state index contributed by atoms with van der Waals surface area (Å²) in [6.45, 7) is 3.69. The molecule has 114 valence electrons. The fourth-order valence-corrected chi connectivity index (χ4v) is 1.22. The Morgan fingerprint density at radius 1 is 1.10 bits per heavy atom. The number of esters is 1. The Bertz CT molecular complexity index is 495. The molecule has 0 spiro atoms. The Kier molecular flexibility index (Phi) is 3.45. The van der Waals surface area contributed by atoms with Gasteiger partial charge in [-0.25, -0.2) is 9.18 Å². The number of ether oxygens (including phenoxy) is 1. The van der Waals surface area contributed by atoms with E-state index >= 15 is 0 Å². The van der Waals surface area contributed by atoms with Gasteiger partial charge in [-0.15, -0.1) is 0 Å². The van der Waals surface area contributed by atoms with Gasteiger partial charge in [0.05, 0.1) is 0 Å². The van der Waals surface area contributed by atoms with Crippen molar-refractivity contribution < 1.29 is 44.7 Å². The second-order valence-electron chi connectivity index (χ2n) is 4.03. The third-order valence-corrected chi connectivity index (χ3v) is 2.42. The highest BCUT2D eigenvalue weighted by Crippen LogP contribution is 2.59. The zero-order chi connectivity index (χ0) is 16.1. The van der Waals surface area contributed by atoms with Crippen LogP contribution >= 0.6 is 0 Å². The van der Waals surface area contributed by atoms with Gasteiger partial charge in [-0.05, 0) is 6.92 Å². The molecule has 1 aliphatic rings. The molecule has 0 saturated heterocycles. The summed E-state index contributed by atoms with van der Waals surface area (Å²) in [6, 6.07) is 0. The van der Waals surface area contributed by atoms with Gasteiger partial charge in [-0.1, -0.05) is 6.58 Å². The molecular formula is C10H6F8O2. The number of carbonyl (C=O) groups excluding carboxylic acids is 1. The van der Waals surface area contributed by atoms with E-state index in [1.807, 2.05) is 0 Å². The van der Waals surface area contributed by atoms with Crippen LogP contribution in [0.5, 0.6) is 0 Å². The van der Waals surface area contributed by atoms with Crippen molar-refractivity contribution in [2.24, 2.45) is 0 Å². The average Bonchev–Trinajstić information content (AvgIpc) is 2.26. The summed E-state index contributed by atoms with van der Waals surface area (Å²) in [6.07, 6.45) is -1.19. The smallest absolute Gasteiger partial charge is 0.388 e. The molecule has 2 nitrogen and oxygen atoms in total. The van der Waals surface area contributed by atoms with E-state index in [1.54, 1.807) is 0 Å². The quantitative estimate of drug-likeness (QED) is 0.443. The van der Waals surface area contributed by atoms with E-state index in [-0.39, 0.29) is 0 Å². The summed E-state index contributed by atoms with van der Waals surface area (Å²) >= 11 is 0. The van der Waals surface area contributed by atoms with Gasteiger partial charge < -0.3 is 4.74 Å². The van der Waals surface area contributed by atoms with Crippen molar-refractivity contribution in [2.45, 2.75) is 30.5 Å². The predicted octanol–water partition coefficient (Wildman–Crippen LogP) is 3.54. The molecule has 0 aromatic heterocycles. The summed E-state index contributed by atoms with van der Waals surface area (Å²) in [5.41, 5.74) is -0.688. The minimum absolute atomic E-state index is 0.688. The molecule has 0 bridgehead atoms. The maximum Gasteiger partial charge on any atom is 0.388 e. The van der Waals surface area contributed by atoms with E-state index < -0.39 is 47.1 Å². The zero-order valence-electron chi connectivity index (χ0n) is 9.62. The molecule has 1 atom stereocenters. The third kappa shape index (κ3) is 1.88. The van der Waals surface area contributed by atoms with Gasteiger partial charge in [0.2, 0.25) is 0 Å². The Labute approximate surface area is 106 Å². The number of hydrogen-bond acceptors (Lipinski definition) is 2. The molecule has 0 fully saturated rings. The monoisotopic (exact) mass is 310 g/mol. The fourth-order valence-electron chi connectivity index (χ4n) is 1.22. The van der Waals surface area contributed by atoms with E-state index in [1.165, 1.54) is 0 Å². The van der Waals surface area contributed by atoms with Crippen LogP contribution < -0.4 is 0 Å². The van der Waals surface area contributed by atoms with Gasteiger partial charge in [0.1, 0.15) is 0 Å². The van der Waals surface area contributed by atoms with Crippen LogP contribution in [0.25, 0.3) is 0 Å². The Balaban J connectivity index is 3.45. The summed E-state index contributed by atoms with van der Waals surface area (Å²) in [5.74, 6) is -28.7. The molecule has 0 aromatic rings. The average molecular weight is 310 g/mol. The van der Waals surface area contributed by atoms with Gasteiger partial charge >= 0.3 is 29.6 Å². The molecule has 0 radical (unpaired) electrons. The van der Waals surface area contributed by atoms with Gasteiger partial charge in [0.15, 0.2) is 5.83 Å². The topological polar surface area (TPSA) is 26.3 Å². The van der Waals surface area contributed by atoms with Gasteiger partial charge in [0, 0.05) is 11.6 Å². The zero-order valence-corrected chi connectivity index (χ0v) is 9.62. The third-order valence-electron chi connectivity index (χ3n) is 2.42. The first-order chi connectivity index (χ1) is 8.71. The summed E-state index contributed by atoms with van der Waals surface area (Å²) in [7, 11) is 0. The molecule has 0 saturated carbocycles. The normalized spacial score (nSPS) is 30.4. The first kappa shape index (κ1) is 16.4. The number of hydrogen-bond donors (Lipinski definition) is 0. The molecule has 0 heterocycles. The second kappa shape index (κ2) is 4.19. The molecule has 0 N–H and O–H groups in total. The van der Waals surface area contributed by atoms with Crippen molar-refractivity contribution in [2.75, 3.05) is 0 Å². The van der Waals surface area contributed by atoms with Crippen LogP contribution in [0.2, 0.25) is 0 Å². The lowest BCUT2D eigenvalue weighted by Gasteiger charge is -2.41. The number of rotatable bonds is 2.